The van der Waals surface area contributed by atoms with Crippen LogP contribution >= 0.6 is 34.8 Å². The lowest BCUT2D eigenvalue weighted by molar-refractivity contribution is 0.590. The summed E-state index contributed by atoms with van der Waals surface area (Å²) in [7, 11) is -6.09. The smallest absolute Gasteiger partial charge is 0.236 e. The Morgan fingerprint density at radius 3 is 2.25 bits per heavy atom. The van der Waals surface area contributed by atoms with E-state index in [1.165, 1.54) is 18.2 Å². The molecular weight excluding hydrogens is 461 g/mol. The maximum Gasteiger partial charge on any atom is 0.276 e. The minimum absolute atomic E-state index is 0.0150. The average Bonchev–Trinajstić information content (AvgIpc) is 2.64. The van der Waals surface area contributed by atoms with Gasteiger partial charge in [-0.3, -0.25) is 0 Å². The first-order chi connectivity index (χ1) is 13.1. The number of hydrogen-bond acceptors (Lipinski definition) is 3. The molecule has 0 fully saturated rings. The lowest BCUT2D eigenvalue weighted by Gasteiger charge is -2.26. The van der Waals surface area contributed by atoms with Crippen LogP contribution in [0, 0.1) is 0 Å². The van der Waals surface area contributed by atoms with Crippen LogP contribution in [0.15, 0.2) is 41.3 Å². The van der Waals surface area contributed by atoms with E-state index in [-0.39, 0.29) is 32.3 Å². The third kappa shape index (κ3) is 5.03. The zero-order valence-electron chi connectivity index (χ0n) is 15.8. The van der Waals surface area contributed by atoms with Crippen molar-refractivity contribution < 1.29 is 12.6 Å². The molecule has 0 bridgehead atoms. The van der Waals surface area contributed by atoms with Gasteiger partial charge in [0.1, 0.15) is 11.0 Å². The zero-order chi connectivity index (χ0) is 21.1. The molecule has 0 heterocycles. The van der Waals surface area contributed by atoms with Gasteiger partial charge in [0.2, 0.25) is 0 Å². The predicted molar refractivity (Wildman–Crippen MR) is 120 cm³/mol. The largest absolute Gasteiger partial charge is 0.276 e. The molecule has 0 spiro atoms. The number of anilines is 1. The number of benzene rings is 2. The number of rotatable bonds is 8. The van der Waals surface area contributed by atoms with Crippen LogP contribution in [0.25, 0.3) is 0 Å². The molecule has 0 aliphatic carbocycles. The number of nitrogens with zero attached hydrogens (tertiary/aromatic N) is 1. The number of halogens is 3. The first kappa shape index (κ1) is 23.5. The summed E-state index contributed by atoms with van der Waals surface area (Å²) in [4.78, 5) is 0.0267. The summed E-state index contributed by atoms with van der Waals surface area (Å²) in [6.07, 6.45) is 1.70. The van der Waals surface area contributed by atoms with Gasteiger partial charge in [0.05, 0.1) is 15.6 Å². The van der Waals surface area contributed by atoms with Gasteiger partial charge in [0, 0.05) is 15.8 Å². The van der Waals surface area contributed by atoms with Crippen molar-refractivity contribution >= 4 is 61.5 Å². The third-order valence-electron chi connectivity index (χ3n) is 4.26. The van der Waals surface area contributed by atoms with Crippen LogP contribution in [0.4, 0.5) is 5.69 Å². The van der Waals surface area contributed by atoms with Crippen LogP contribution in [0.2, 0.25) is 15.1 Å². The predicted octanol–water partition coefficient (Wildman–Crippen LogP) is 6.43. The van der Waals surface area contributed by atoms with E-state index in [0.717, 1.165) is 16.6 Å². The van der Waals surface area contributed by atoms with Crippen LogP contribution in [0.5, 0.6) is 0 Å². The Balaban J connectivity index is 2.76. The SMILES string of the molecule is CCC[C@@H](C)c1ccc(Cl)cc1S(=O)(=O)N(c1cc(Cl)ccc1Cl)S(=O)CC. The zero-order valence-corrected chi connectivity index (χ0v) is 19.7. The van der Waals surface area contributed by atoms with Gasteiger partial charge >= 0.3 is 0 Å². The summed E-state index contributed by atoms with van der Waals surface area (Å²) >= 11 is 18.4. The van der Waals surface area contributed by atoms with Crippen molar-refractivity contribution in [3.8, 4) is 0 Å². The highest BCUT2D eigenvalue weighted by atomic mass is 35.5. The van der Waals surface area contributed by atoms with Crippen molar-refractivity contribution in [2.75, 3.05) is 9.46 Å². The second-order valence-electron chi connectivity index (χ2n) is 6.31. The highest BCUT2D eigenvalue weighted by Gasteiger charge is 2.34. The quantitative estimate of drug-likeness (QED) is 0.435. The fourth-order valence-corrected chi connectivity index (χ4v) is 7.08. The summed E-state index contributed by atoms with van der Waals surface area (Å²) < 4.78 is 41.0. The number of hydrogen-bond donors (Lipinski definition) is 0. The summed E-state index contributed by atoms with van der Waals surface area (Å²) in [5.74, 6) is 0.0708. The standard InChI is InChI=1S/C19H22Cl3NO3S2/c1-4-6-13(3)16-9-7-15(21)12-19(16)28(25,26)23(27(24)5-2)18-11-14(20)8-10-17(18)22/h7-13H,4-6H2,1-3H3/t13-,27?/m1/s1. The molecule has 28 heavy (non-hydrogen) atoms. The lowest BCUT2D eigenvalue weighted by Crippen LogP contribution is -2.35. The van der Waals surface area contributed by atoms with Crippen molar-refractivity contribution in [3.63, 3.8) is 0 Å². The van der Waals surface area contributed by atoms with Crippen molar-refractivity contribution in [1.29, 1.82) is 0 Å². The minimum atomic E-state index is -4.22. The first-order valence-electron chi connectivity index (χ1n) is 8.81. The maximum absolute atomic E-state index is 13.7. The molecule has 2 aromatic rings. The second-order valence-corrected chi connectivity index (χ2v) is 11.2. The second kappa shape index (κ2) is 9.81. The van der Waals surface area contributed by atoms with Gasteiger partial charge in [-0.05, 0) is 48.2 Å². The van der Waals surface area contributed by atoms with E-state index in [0.29, 0.717) is 10.6 Å². The summed E-state index contributed by atoms with van der Waals surface area (Å²) in [6, 6.07) is 9.19. The molecule has 2 rings (SSSR count). The Morgan fingerprint density at radius 1 is 1.04 bits per heavy atom. The Kier molecular flexibility index (Phi) is 8.23. The first-order valence-corrected chi connectivity index (χ1v) is 12.7. The van der Waals surface area contributed by atoms with E-state index in [1.807, 2.05) is 13.8 Å². The molecule has 1 unspecified atom stereocenters. The molecule has 0 radical (unpaired) electrons. The van der Waals surface area contributed by atoms with Crippen LogP contribution < -0.4 is 3.71 Å². The van der Waals surface area contributed by atoms with E-state index >= 15 is 0 Å². The molecule has 0 aromatic heterocycles. The normalized spacial score (nSPS) is 13.9. The number of sulfonamides is 1. The van der Waals surface area contributed by atoms with E-state index in [4.69, 9.17) is 34.8 Å². The Hall–Kier alpha value is -0.790. The molecule has 0 saturated carbocycles. The van der Waals surface area contributed by atoms with E-state index < -0.39 is 21.0 Å². The minimum Gasteiger partial charge on any atom is -0.236 e. The molecule has 2 atom stereocenters. The summed E-state index contributed by atoms with van der Waals surface area (Å²) in [5.41, 5.74) is 0.700. The topological polar surface area (TPSA) is 54.5 Å². The monoisotopic (exact) mass is 481 g/mol. The molecule has 4 nitrogen and oxygen atoms in total. The van der Waals surface area contributed by atoms with Crippen molar-refractivity contribution in [2.24, 2.45) is 0 Å². The summed E-state index contributed by atoms with van der Waals surface area (Å²) in [5, 5.41) is 0.712. The molecule has 154 valence electrons. The molecule has 9 heteroatoms. The molecule has 0 aliphatic rings. The van der Waals surface area contributed by atoms with Gasteiger partial charge in [-0.25, -0.2) is 12.6 Å². The highest BCUT2D eigenvalue weighted by molar-refractivity contribution is 8.07. The molecule has 0 amide bonds. The van der Waals surface area contributed by atoms with Gasteiger partial charge in [-0.2, -0.15) is 3.71 Å². The Morgan fingerprint density at radius 2 is 1.64 bits per heavy atom. The highest BCUT2D eigenvalue weighted by Crippen LogP contribution is 2.37. The molecule has 0 aliphatic heterocycles. The van der Waals surface area contributed by atoms with Crippen molar-refractivity contribution in [1.82, 2.24) is 0 Å². The van der Waals surface area contributed by atoms with Crippen LogP contribution in [-0.4, -0.2) is 18.4 Å². The maximum atomic E-state index is 13.7. The van der Waals surface area contributed by atoms with Crippen LogP contribution in [0.1, 0.15) is 45.1 Å². The Labute approximate surface area is 184 Å². The van der Waals surface area contributed by atoms with Crippen LogP contribution in [-0.2, 0) is 21.0 Å². The summed E-state index contributed by atoms with van der Waals surface area (Å²) in [6.45, 7) is 5.62. The van der Waals surface area contributed by atoms with E-state index in [9.17, 15) is 12.6 Å². The van der Waals surface area contributed by atoms with Gasteiger partial charge in [0.25, 0.3) is 10.0 Å². The van der Waals surface area contributed by atoms with Crippen LogP contribution in [0.3, 0.4) is 0 Å². The third-order valence-corrected chi connectivity index (χ3v) is 8.74. The molecular formula is C19H22Cl3NO3S2. The lowest BCUT2D eigenvalue weighted by atomic mass is 9.97. The molecule has 0 saturated heterocycles. The van der Waals surface area contributed by atoms with Crippen molar-refractivity contribution in [3.05, 3.63) is 57.0 Å². The van der Waals surface area contributed by atoms with Gasteiger partial charge in [-0.15, -0.1) is 0 Å². The van der Waals surface area contributed by atoms with Gasteiger partial charge in [0.15, 0.2) is 0 Å². The average molecular weight is 483 g/mol. The fraction of sp³-hybridized carbons (Fsp3) is 0.368. The van der Waals surface area contributed by atoms with E-state index in [2.05, 4.69) is 0 Å². The van der Waals surface area contributed by atoms with Gasteiger partial charge < -0.3 is 0 Å². The van der Waals surface area contributed by atoms with E-state index in [1.54, 1.807) is 25.1 Å². The Bertz CT molecular complexity index is 980. The molecule has 2 aromatic carbocycles. The fourth-order valence-electron chi connectivity index (χ4n) is 2.91. The molecule has 0 N–H and O–H groups in total. The van der Waals surface area contributed by atoms with Crippen molar-refractivity contribution in [2.45, 2.75) is 44.4 Å². The van der Waals surface area contributed by atoms with Gasteiger partial charge in [-0.1, -0.05) is 68.1 Å².